The number of aromatic amines is 1. The average molecular weight is 333 g/mol. The van der Waals surface area contributed by atoms with Crippen molar-refractivity contribution in [3.63, 3.8) is 0 Å². The molecule has 1 heterocycles. The third-order valence-corrected chi connectivity index (χ3v) is 2.86. The number of ether oxygens (including phenoxy) is 2. The number of carbonyl (C=O) groups excluding carboxylic acids is 1. The summed E-state index contributed by atoms with van der Waals surface area (Å²) >= 11 is 0. The normalized spacial score (nSPS) is 11.4. The zero-order chi connectivity index (χ0) is 17.2. The number of nitrogens with zero attached hydrogens (tertiary/aromatic N) is 2. The van der Waals surface area contributed by atoms with Crippen molar-refractivity contribution in [2.45, 2.75) is 13.1 Å². The summed E-state index contributed by atoms with van der Waals surface area (Å²) < 4.78 is 62.5. The summed E-state index contributed by atoms with van der Waals surface area (Å²) in [4.78, 5) is 11.7. The number of H-pyrrole nitrogens is 1. The van der Waals surface area contributed by atoms with Gasteiger partial charge in [0.1, 0.15) is 17.3 Å². The standard InChI is InChI=1S/C13H11F4N3O3/c1-3-23-12(21)11-10(18-20-19-11)7-4-6(22-2)5-8(9(7)14)13(15,16)17/h4-5H,3H2,1-2H3,(H,18,19,20). The molecule has 2 aromatic rings. The third kappa shape index (κ3) is 3.25. The van der Waals surface area contributed by atoms with E-state index in [-0.39, 0.29) is 12.4 Å². The second-order valence-electron chi connectivity index (χ2n) is 4.28. The predicted octanol–water partition coefficient (Wildman–Crippen LogP) is 2.81. The van der Waals surface area contributed by atoms with E-state index in [2.05, 4.69) is 15.4 Å². The summed E-state index contributed by atoms with van der Waals surface area (Å²) in [6.45, 7) is 1.55. The number of esters is 1. The number of aromatic nitrogens is 3. The SMILES string of the molecule is CCOC(=O)c1n[nH]nc1-c1cc(OC)cc(C(F)(F)F)c1F. The molecule has 0 amide bonds. The van der Waals surface area contributed by atoms with Crippen molar-refractivity contribution in [2.24, 2.45) is 0 Å². The molecule has 0 aliphatic heterocycles. The number of hydrogen-bond acceptors (Lipinski definition) is 5. The van der Waals surface area contributed by atoms with Gasteiger partial charge in [0, 0.05) is 5.56 Å². The largest absolute Gasteiger partial charge is 0.497 e. The molecule has 0 saturated heterocycles. The quantitative estimate of drug-likeness (QED) is 0.688. The molecule has 10 heteroatoms. The van der Waals surface area contributed by atoms with Crippen LogP contribution >= 0.6 is 0 Å². The van der Waals surface area contributed by atoms with E-state index in [4.69, 9.17) is 9.47 Å². The summed E-state index contributed by atoms with van der Waals surface area (Å²) in [6, 6.07) is 1.51. The van der Waals surface area contributed by atoms with E-state index in [1.807, 2.05) is 0 Å². The van der Waals surface area contributed by atoms with E-state index in [0.717, 1.165) is 13.2 Å². The van der Waals surface area contributed by atoms with E-state index >= 15 is 0 Å². The highest BCUT2D eigenvalue weighted by Gasteiger charge is 2.37. The number of hydrogen-bond donors (Lipinski definition) is 1. The van der Waals surface area contributed by atoms with Crippen LogP contribution in [0.15, 0.2) is 12.1 Å². The number of rotatable bonds is 4. The Morgan fingerprint density at radius 3 is 2.57 bits per heavy atom. The van der Waals surface area contributed by atoms with E-state index in [9.17, 15) is 22.4 Å². The monoisotopic (exact) mass is 333 g/mol. The first-order valence-corrected chi connectivity index (χ1v) is 6.32. The summed E-state index contributed by atoms with van der Waals surface area (Å²) in [7, 11) is 1.13. The number of carbonyl (C=O) groups is 1. The van der Waals surface area contributed by atoms with E-state index < -0.39 is 40.5 Å². The summed E-state index contributed by atoms with van der Waals surface area (Å²) in [5.41, 5.74) is -2.93. The molecule has 23 heavy (non-hydrogen) atoms. The molecule has 0 bridgehead atoms. The molecular formula is C13H11F4N3O3. The van der Waals surface area contributed by atoms with Crippen LogP contribution in [0.2, 0.25) is 0 Å². The van der Waals surface area contributed by atoms with Gasteiger partial charge in [0.2, 0.25) is 0 Å². The fourth-order valence-electron chi connectivity index (χ4n) is 1.85. The highest BCUT2D eigenvalue weighted by Crippen LogP contribution is 2.38. The number of nitrogens with one attached hydrogen (secondary N) is 1. The second kappa shape index (κ2) is 6.23. The predicted molar refractivity (Wildman–Crippen MR) is 69.3 cm³/mol. The van der Waals surface area contributed by atoms with Crippen LogP contribution in [0.4, 0.5) is 17.6 Å². The lowest BCUT2D eigenvalue weighted by molar-refractivity contribution is -0.140. The summed E-state index contributed by atoms with van der Waals surface area (Å²) in [5, 5.41) is 9.12. The van der Waals surface area contributed by atoms with Crippen LogP contribution in [-0.2, 0) is 10.9 Å². The van der Waals surface area contributed by atoms with Gasteiger partial charge in [0.15, 0.2) is 5.69 Å². The minimum atomic E-state index is -4.94. The lowest BCUT2D eigenvalue weighted by Crippen LogP contribution is -2.11. The van der Waals surface area contributed by atoms with Gasteiger partial charge < -0.3 is 9.47 Å². The van der Waals surface area contributed by atoms with Gasteiger partial charge in [-0.1, -0.05) is 0 Å². The van der Waals surface area contributed by atoms with Crippen LogP contribution in [0.5, 0.6) is 5.75 Å². The number of alkyl halides is 3. The van der Waals surface area contributed by atoms with Crippen LogP contribution in [0.25, 0.3) is 11.3 Å². The van der Waals surface area contributed by atoms with Crippen LogP contribution in [0.3, 0.4) is 0 Å². The van der Waals surface area contributed by atoms with Crippen molar-refractivity contribution in [3.05, 3.63) is 29.2 Å². The van der Waals surface area contributed by atoms with Gasteiger partial charge in [-0.05, 0) is 19.1 Å². The first-order valence-electron chi connectivity index (χ1n) is 6.32. The van der Waals surface area contributed by atoms with Crippen molar-refractivity contribution < 1.29 is 31.8 Å². The van der Waals surface area contributed by atoms with Crippen molar-refractivity contribution in [2.75, 3.05) is 13.7 Å². The Labute approximate surface area is 127 Å². The van der Waals surface area contributed by atoms with E-state index in [1.165, 1.54) is 6.92 Å². The number of benzene rings is 1. The Kier molecular flexibility index (Phi) is 4.52. The first kappa shape index (κ1) is 16.7. The zero-order valence-electron chi connectivity index (χ0n) is 12.0. The highest BCUT2D eigenvalue weighted by atomic mass is 19.4. The van der Waals surface area contributed by atoms with Gasteiger partial charge in [-0.2, -0.15) is 23.5 Å². The molecule has 124 valence electrons. The van der Waals surface area contributed by atoms with E-state index in [0.29, 0.717) is 6.07 Å². The molecule has 1 aromatic carbocycles. The second-order valence-corrected chi connectivity index (χ2v) is 4.28. The van der Waals surface area contributed by atoms with Gasteiger partial charge in [0.05, 0.1) is 19.3 Å². The van der Waals surface area contributed by atoms with Crippen molar-refractivity contribution >= 4 is 5.97 Å². The fourth-order valence-corrected chi connectivity index (χ4v) is 1.85. The molecule has 0 atom stereocenters. The molecule has 6 nitrogen and oxygen atoms in total. The Bertz CT molecular complexity index is 728. The third-order valence-electron chi connectivity index (χ3n) is 2.86. The van der Waals surface area contributed by atoms with Gasteiger partial charge in [-0.15, -0.1) is 5.10 Å². The smallest absolute Gasteiger partial charge is 0.419 e. The Morgan fingerprint density at radius 2 is 2.00 bits per heavy atom. The fraction of sp³-hybridized carbons (Fsp3) is 0.308. The topological polar surface area (TPSA) is 77.1 Å². The molecule has 0 fully saturated rings. The van der Waals surface area contributed by atoms with Gasteiger partial charge >= 0.3 is 12.1 Å². The lowest BCUT2D eigenvalue weighted by Gasteiger charge is -2.13. The maximum Gasteiger partial charge on any atom is 0.419 e. The number of halogens is 4. The molecule has 1 N–H and O–H groups in total. The maximum atomic E-state index is 14.3. The maximum absolute atomic E-state index is 14.3. The van der Waals surface area contributed by atoms with Crippen molar-refractivity contribution in [1.29, 1.82) is 0 Å². The van der Waals surface area contributed by atoms with Crippen LogP contribution in [0, 0.1) is 5.82 Å². The minimum Gasteiger partial charge on any atom is -0.497 e. The molecule has 0 aliphatic rings. The average Bonchev–Trinajstić information content (AvgIpc) is 2.96. The molecule has 0 radical (unpaired) electrons. The van der Waals surface area contributed by atoms with Crippen LogP contribution in [0.1, 0.15) is 23.0 Å². The van der Waals surface area contributed by atoms with Crippen LogP contribution in [-0.4, -0.2) is 35.1 Å². The molecule has 0 spiro atoms. The van der Waals surface area contributed by atoms with Gasteiger partial charge in [-0.25, -0.2) is 9.18 Å². The van der Waals surface area contributed by atoms with Gasteiger partial charge in [0.25, 0.3) is 0 Å². The molecule has 0 saturated carbocycles. The Morgan fingerprint density at radius 1 is 1.30 bits per heavy atom. The van der Waals surface area contributed by atoms with E-state index in [1.54, 1.807) is 0 Å². The lowest BCUT2D eigenvalue weighted by atomic mass is 10.0. The molecule has 0 unspecified atom stereocenters. The van der Waals surface area contributed by atoms with Gasteiger partial charge in [-0.3, -0.25) is 0 Å². The Hall–Kier alpha value is -2.65. The highest BCUT2D eigenvalue weighted by molar-refractivity contribution is 5.94. The molecule has 1 aromatic heterocycles. The first-order chi connectivity index (χ1) is 10.8. The Balaban J connectivity index is 2.65. The van der Waals surface area contributed by atoms with Crippen LogP contribution < -0.4 is 4.74 Å². The summed E-state index contributed by atoms with van der Waals surface area (Å²) in [5.74, 6) is -2.77. The van der Waals surface area contributed by atoms with Crippen molar-refractivity contribution in [3.8, 4) is 17.0 Å². The molecule has 0 aliphatic carbocycles. The zero-order valence-corrected chi connectivity index (χ0v) is 12.0. The molecular weight excluding hydrogens is 322 g/mol. The summed E-state index contributed by atoms with van der Waals surface area (Å²) in [6.07, 6.45) is -4.94. The van der Waals surface area contributed by atoms with Crippen molar-refractivity contribution in [1.82, 2.24) is 15.4 Å². The number of methoxy groups -OCH3 is 1. The molecule has 2 rings (SSSR count). The minimum absolute atomic E-state index is 0.0134.